The summed E-state index contributed by atoms with van der Waals surface area (Å²) < 4.78 is 12.9. The fraction of sp³-hybridized carbons (Fsp3) is 0.455. The Morgan fingerprint density at radius 2 is 2.07 bits per heavy atom. The van der Waals surface area contributed by atoms with E-state index >= 15 is 0 Å². The van der Waals surface area contributed by atoms with Crippen LogP contribution in [0, 0.1) is 18.7 Å². The molecule has 3 heteroatoms. The van der Waals surface area contributed by atoms with Gasteiger partial charge in [0.05, 0.1) is 0 Å². The van der Waals surface area contributed by atoms with Crippen molar-refractivity contribution in [3.63, 3.8) is 0 Å². The van der Waals surface area contributed by atoms with Crippen molar-refractivity contribution in [1.82, 2.24) is 0 Å². The van der Waals surface area contributed by atoms with Crippen molar-refractivity contribution < 1.29 is 4.39 Å². The molecule has 1 aliphatic carbocycles. The molecule has 1 unspecified atom stereocenters. The molecule has 1 fully saturated rings. The molecule has 0 spiro atoms. The topological polar surface area (TPSA) is 26.0 Å². The van der Waals surface area contributed by atoms with Gasteiger partial charge in [0.1, 0.15) is 5.82 Å². The van der Waals surface area contributed by atoms with Gasteiger partial charge in [-0.05, 0) is 48.9 Å². The van der Waals surface area contributed by atoms with E-state index in [0.29, 0.717) is 5.92 Å². The summed E-state index contributed by atoms with van der Waals surface area (Å²) in [6, 6.07) is 4.89. The minimum absolute atomic E-state index is 0. The van der Waals surface area contributed by atoms with Gasteiger partial charge in [0.2, 0.25) is 0 Å². The van der Waals surface area contributed by atoms with Crippen LogP contribution in [0.4, 0.5) is 4.39 Å². The van der Waals surface area contributed by atoms with Crippen LogP contribution in [-0.2, 0) is 0 Å². The van der Waals surface area contributed by atoms with Crippen molar-refractivity contribution in [3.05, 3.63) is 35.1 Å². The SMILES string of the molecule is Cc1ccc(F)cc1C(N)C1CC1.Cl. The van der Waals surface area contributed by atoms with Gasteiger partial charge in [0.15, 0.2) is 0 Å². The third kappa shape index (κ3) is 2.25. The number of rotatable bonds is 2. The molecule has 1 aromatic rings. The van der Waals surface area contributed by atoms with Crippen LogP contribution in [0.2, 0.25) is 0 Å². The van der Waals surface area contributed by atoms with Crippen LogP contribution in [0.15, 0.2) is 18.2 Å². The maximum Gasteiger partial charge on any atom is 0.123 e. The molecule has 0 heterocycles. The van der Waals surface area contributed by atoms with E-state index in [4.69, 9.17) is 5.73 Å². The third-order valence-corrected chi connectivity index (χ3v) is 2.73. The molecule has 1 atom stereocenters. The molecule has 2 rings (SSSR count). The lowest BCUT2D eigenvalue weighted by molar-refractivity contribution is 0.599. The maximum absolute atomic E-state index is 12.9. The first-order valence-electron chi connectivity index (χ1n) is 4.70. The molecule has 14 heavy (non-hydrogen) atoms. The fourth-order valence-electron chi connectivity index (χ4n) is 1.68. The van der Waals surface area contributed by atoms with Crippen LogP contribution in [0.25, 0.3) is 0 Å². The van der Waals surface area contributed by atoms with Crippen LogP contribution >= 0.6 is 12.4 Å². The van der Waals surface area contributed by atoms with Crippen molar-refractivity contribution >= 4 is 12.4 Å². The van der Waals surface area contributed by atoms with E-state index in [1.165, 1.54) is 18.9 Å². The lowest BCUT2D eigenvalue weighted by Crippen LogP contribution is -2.13. The minimum atomic E-state index is -0.184. The number of halogens is 2. The molecule has 1 saturated carbocycles. The van der Waals surface area contributed by atoms with E-state index in [1.807, 2.05) is 6.92 Å². The highest BCUT2D eigenvalue weighted by Crippen LogP contribution is 2.40. The molecular formula is C11H15ClFN. The highest BCUT2D eigenvalue weighted by atomic mass is 35.5. The lowest BCUT2D eigenvalue weighted by Gasteiger charge is -2.13. The minimum Gasteiger partial charge on any atom is -0.324 e. The van der Waals surface area contributed by atoms with E-state index in [1.54, 1.807) is 12.1 Å². The average Bonchev–Trinajstić information content (AvgIpc) is 2.91. The van der Waals surface area contributed by atoms with Crippen molar-refractivity contribution in [2.24, 2.45) is 11.7 Å². The van der Waals surface area contributed by atoms with E-state index in [9.17, 15) is 4.39 Å². The largest absolute Gasteiger partial charge is 0.324 e. The Morgan fingerprint density at radius 3 is 2.64 bits per heavy atom. The third-order valence-electron chi connectivity index (χ3n) is 2.73. The first-order chi connectivity index (χ1) is 6.18. The van der Waals surface area contributed by atoms with Gasteiger partial charge in [-0.2, -0.15) is 0 Å². The average molecular weight is 216 g/mol. The molecule has 0 bridgehead atoms. The lowest BCUT2D eigenvalue weighted by atomic mass is 9.98. The molecule has 0 saturated heterocycles. The van der Waals surface area contributed by atoms with Gasteiger partial charge < -0.3 is 5.73 Å². The van der Waals surface area contributed by atoms with Gasteiger partial charge in [0.25, 0.3) is 0 Å². The van der Waals surface area contributed by atoms with Crippen LogP contribution in [0.1, 0.15) is 30.0 Å². The summed E-state index contributed by atoms with van der Waals surface area (Å²) in [6.45, 7) is 1.98. The Morgan fingerprint density at radius 1 is 1.43 bits per heavy atom. The summed E-state index contributed by atoms with van der Waals surface area (Å²) in [5.41, 5.74) is 8.08. The smallest absolute Gasteiger partial charge is 0.123 e. The summed E-state index contributed by atoms with van der Waals surface area (Å²) in [6.07, 6.45) is 2.38. The molecule has 1 aliphatic rings. The first-order valence-corrected chi connectivity index (χ1v) is 4.70. The van der Waals surface area contributed by atoms with Gasteiger partial charge >= 0.3 is 0 Å². The summed E-state index contributed by atoms with van der Waals surface area (Å²) >= 11 is 0. The Bertz CT molecular complexity index is 323. The molecule has 1 aromatic carbocycles. The zero-order valence-corrected chi connectivity index (χ0v) is 8.98. The highest BCUT2D eigenvalue weighted by Gasteiger charge is 2.30. The molecule has 1 nitrogen and oxygen atoms in total. The summed E-state index contributed by atoms with van der Waals surface area (Å²) in [4.78, 5) is 0. The molecular weight excluding hydrogens is 201 g/mol. The Kier molecular flexibility index (Phi) is 3.51. The van der Waals surface area contributed by atoms with Crippen molar-refractivity contribution in [2.75, 3.05) is 0 Å². The summed E-state index contributed by atoms with van der Waals surface area (Å²) in [7, 11) is 0. The van der Waals surface area contributed by atoms with Gasteiger partial charge in [-0.1, -0.05) is 6.07 Å². The summed E-state index contributed by atoms with van der Waals surface area (Å²) in [5.74, 6) is 0.400. The maximum atomic E-state index is 12.9. The van der Waals surface area contributed by atoms with Crippen molar-refractivity contribution in [3.8, 4) is 0 Å². The Balaban J connectivity index is 0.000000980. The predicted molar refractivity (Wildman–Crippen MR) is 58.0 cm³/mol. The van der Waals surface area contributed by atoms with E-state index < -0.39 is 0 Å². The fourth-order valence-corrected chi connectivity index (χ4v) is 1.68. The quantitative estimate of drug-likeness (QED) is 0.807. The van der Waals surface area contributed by atoms with Crippen LogP contribution in [-0.4, -0.2) is 0 Å². The molecule has 0 aliphatic heterocycles. The van der Waals surface area contributed by atoms with Gasteiger partial charge in [-0.15, -0.1) is 12.4 Å². The van der Waals surface area contributed by atoms with Crippen LogP contribution in [0.3, 0.4) is 0 Å². The molecule has 2 N–H and O–H groups in total. The van der Waals surface area contributed by atoms with Crippen molar-refractivity contribution in [2.45, 2.75) is 25.8 Å². The first kappa shape index (κ1) is 11.5. The van der Waals surface area contributed by atoms with E-state index in [2.05, 4.69) is 0 Å². The number of benzene rings is 1. The molecule has 0 aromatic heterocycles. The molecule has 0 amide bonds. The van der Waals surface area contributed by atoms with Gasteiger partial charge in [-0.25, -0.2) is 4.39 Å². The molecule has 0 radical (unpaired) electrons. The zero-order chi connectivity index (χ0) is 9.42. The van der Waals surface area contributed by atoms with Crippen LogP contribution < -0.4 is 5.73 Å². The summed E-state index contributed by atoms with van der Waals surface area (Å²) in [5, 5.41) is 0. The molecule has 78 valence electrons. The number of hydrogen-bond acceptors (Lipinski definition) is 1. The van der Waals surface area contributed by atoms with Crippen molar-refractivity contribution in [1.29, 1.82) is 0 Å². The second-order valence-electron chi connectivity index (χ2n) is 3.86. The Labute approximate surface area is 89.9 Å². The van der Waals surface area contributed by atoms with Gasteiger partial charge in [-0.3, -0.25) is 0 Å². The standard InChI is InChI=1S/C11H14FN.ClH/c1-7-2-5-9(12)6-10(7)11(13)8-3-4-8;/h2,5-6,8,11H,3-4,13H2,1H3;1H. The second kappa shape index (κ2) is 4.28. The second-order valence-corrected chi connectivity index (χ2v) is 3.86. The Hall–Kier alpha value is -0.600. The highest BCUT2D eigenvalue weighted by molar-refractivity contribution is 5.85. The van der Waals surface area contributed by atoms with Gasteiger partial charge in [0, 0.05) is 6.04 Å². The van der Waals surface area contributed by atoms with E-state index in [0.717, 1.165) is 11.1 Å². The van der Waals surface area contributed by atoms with Crippen LogP contribution in [0.5, 0.6) is 0 Å². The zero-order valence-electron chi connectivity index (χ0n) is 8.16. The predicted octanol–water partition coefficient (Wildman–Crippen LogP) is 2.97. The normalized spacial score (nSPS) is 17.4. The number of aryl methyl sites for hydroxylation is 1. The van der Waals surface area contributed by atoms with E-state index in [-0.39, 0.29) is 24.3 Å². The number of hydrogen-bond donors (Lipinski definition) is 1. The number of nitrogens with two attached hydrogens (primary N) is 1. The monoisotopic (exact) mass is 215 g/mol.